The maximum atomic E-state index is 11.6. The Labute approximate surface area is 132 Å². The van der Waals surface area contributed by atoms with Crippen LogP contribution in [0.1, 0.15) is 16.1 Å². The predicted octanol–water partition coefficient (Wildman–Crippen LogP) is 2.49. The van der Waals surface area contributed by atoms with Gasteiger partial charge in [-0.25, -0.2) is 18.4 Å². The number of benzene rings is 2. The van der Waals surface area contributed by atoms with Crippen molar-refractivity contribution in [1.29, 1.82) is 0 Å². The van der Waals surface area contributed by atoms with Crippen LogP contribution in [0.15, 0.2) is 47.4 Å². The molecule has 6 nitrogen and oxygen atoms in total. The van der Waals surface area contributed by atoms with E-state index in [1.54, 1.807) is 12.1 Å². The number of carboxylic acids is 1. The van der Waals surface area contributed by atoms with Crippen LogP contribution >= 0.6 is 0 Å². The molecule has 23 heavy (non-hydrogen) atoms. The van der Waals surface area contributed by atoms with Gasteiger partial charge in [-0.05, 0) is 30.2 Å². The van der Waals surface area contributed by atoms with Crippen molar-refractivity contribution in [2.45, 2.75) is 11.8 Å². The minimum atomic E-state index is -3.79. The van der Waals surface area contributed by atoms with Crippen molar-refractivity contribution in [2.75, 3.05) is 0 Å². The van der Waals surface area contributed by atoms with Crippen molar-refractivity contribution >= 4 is 26.9 Å². The Morgan fingerprint density at radius 2 is 1.78 bits per heavy atom. The lowest BCUT2D eigenvalue weighted by Crippen LogP contribution is -2.11. The van der Waals surface area contributed by atoms with Gasteiger partial charge in [0.15, 0.2) is 0 Å². The number of rotatable bonds is 3. The first-order chi connectivity index (χ1) is 10.8. The monoisotopic (exact) mass is 330 g/mol. The molecule has 7 heteroatoms. The lowest BCUT2D eigenvalue weighted by molar-refractivity contribution is 0.0692. The molecule has 0 aliphatic heterocycles. The summed E-state index contributed by atoms with van der Waals surface area (Å²) < 4.78 is 22.7. The average Bonchev–Trinajstić information content (AvgIpc) is 2.87. The summed E-state index contributed by atoms with van der Waals surface area (Å²) in [5.41, 5.74) is 2.87. The number of carboxylic acid groups (broad SMARTS) is 1. The topological polar surface area (TPSA) is 113 Å². The molecule has 0 unspecified atom stereocenters. The zero-order valence-electron chi connectivity index (χ0n) is 12.2. The maximum Gasteiger partial charge on any atom is 0.352 e. The van der Waals surface area contributed by atoms with Crippen molar-refractivity contribution < 1.29 is 18.3 Å². The van der Waals surface area contributed by atoms with Crippen LogP contribution in [0.5, 0.6) is 0 Å². The van der Waals surface area contributed by atoms with E-state index in [-0.39, 0.29) is 10.6 Å². The lowest BCUT2D eigenvalue weighted by Gasteiger charge is -2.04. The zero-order chi connectivity index (χ0) is 16.8. The molecule has 3 aromatic rings. The number of nitrogens with two attached hydrogens (primary N) is 1. The summed E-state index contributed by atoms with van der Waals surface area (Å²) in [4.78, 5) is 14.5. The van der Waals surface area contributed by atoms with Gasteiger partial charge >= 0.3 is 5.97 Å². The smallest absolute Gasteiger partial charge is 0.352 e. The molecular formula is C16H14N2O4S. The van der Waals surface area contributed by atoms with Gasteiger partial charge < -0.3 is 10.1 Å². The highest BCUT2D eigenvalue weighted by Crippen LogP contribution is 2.34. The first-order valence-electron chi connectivity index (χ1n) is 6.77. The van der Waals surface area contributed by atoms with Crippen molar-refractivity contribution in [2.24, 2.45) is 5.14 Å². The molecule has 2 aromatic carbocycles. The largest absolute Gasteiger partial charge is 0.477 e. The summed E-state index contributed by atoms with van der Waals surface area (Å²) in [6.45, 7) is 1.89. The summed E-state index contributed by atoms with van der Waals surface area (Å²) >= 11 is 0. The Kier molecular flexibility index (Phi) is 3.46. The molecule has 1 heterocycles. The second kappa shape index (κ2) is 5.22. The van der Waals surface area contributed by atoms with Gasteiger partial charge in [-0.15, -0.1) is 0 Å². The van der Waals surface area contributed by atoms with Gasteiger partial charge in [0.1, 0.15) is 5.69 Å². The van der Waals surface area contributed by atoms with E-state index < -0.39 is 16.0 Å². The molecule has 0 radical (unpaired) electrons. The van der Waals surface area contributed by atoms with Crippen molar-refractivity contribution in [3.8, 4) is 11.1 Å². The SMILES string of the molecule is Cc1cccc2c(-c3ccc(S(N)(=O)=O)cc3)c(C(=O)O)[nH]c12. The molecule has 0 bridgehead atoms. The molecule has 1 aromatic heterocycles. The van der Waals surface area contributed by atoms with Crippen molar-refractivity contribution in [3.05, 3.63) is 53.7 Å². The minimum Gasteiger partial charge on any atom is -0.477 e. The molecule has 0 fully saturated rings. The molecule has 118 valence electrons. The van der Waals surface area contributed by atoms with Crippen LogP contribution in [0.2, 0.25) is 0 Å². The van der Waals surface area contributed by atoms with Gasteiger partial charge in [-0.2, -0.15) is 0 Å². The van der Waals surface area contributed by atoms with Crippen LogP contribution in [0.25, 0.3) is 22.0 Å². The van der Waals surface area contributed by atoms with Crippen LogP contribution in [-0.4, -0.2) is 24.5 Å². The highest BCUT2D eigenvalue weighted by Gasteiger charge is 2.19. The van der Waals surface area contributed by atoms with Crippen molar-refractivity contribution in [1.82, 2.24) is 4.98 Å². The summed E-state index contributed by atoms with van der Waals surface area (Å²) in [6.07, 6.45) is 0. The number of fused-ring (bicyclic) bond motifs is 1. The average molecular weight is 330 g/mol. The molecular weight excluding hydrogens is 316 g/mol. The summed E-state index contributed by atoms with van der Waals surface area (Å²) in [5, 5.41) is 15.3. The van der Waals surface area contributed by atoms with E-state index in [9.17, 15) is 18.3 Å². The van der Waals surface area contributed by atoms with Crippen molar-refractivity contribution in [3.63, 3.8) is 0 Å². The number of hydrogen-bond donors (Lipinski definition) is 3. The quantitative estimate of drug-likeness (QED) is 0.684. The van der Waals surface area contributed by atoms with Crippen LogP contribution in [-0.2, 0) is 10.0 Å². The number of aryl methyl sites for hydroxylation is 1. The van der Waals surface area contributed by atoms with E-state index in [2.05, 4.69) is 4.98 Å². The number of hydrogen-bond acceptors (Lipinski definition) is 3. The normalized spacial score (nSPS) is 11.7. The van der Waals surface area contributed by atoms with Crippen LogP contribution in [0, 0.1) is 6.92 Å². The van der Waals surface area contributed by atoms with Gasteiger partial charge in [-0.3, -0.25) is 0 Å². The molecule has 0 aliphatic carbocycles. The van der Waals surface area contributed by atoms with Crippen LogP contribution < -0.4 is 5.14 Å². The molecule has 0 saturated heterocycles. The third kappa shape index (κ3) is 2.60. The second-order valence-electron chi connectivity index (χ2n) is 5.25. The molecule has 0 atom stereocenters. The van der Waals surface area contributed by atoms with E-state index in [1.165, 1.54) is 12.1 Å². The fraction of sp³-hybridized carbons (Fsp3) is 0.0625. The van der Waals surface area contributed by atoms with Gasteiger partial charge in [0.2, 0.25) is 10.0 Å². The summed E-state index contributed by atoms with van der Waals surface area (Å²) in [6, 6.07) is 11.4. The standard InChI is InChI=1S/C16H14N2O4S/c1-9-3-2-4-12-13(15(16(19)20)18-14(9)12)10-5-7-11(8-6-10)23(17,21)22/h2-8,18H,1H3,(H,19,20)(H2,17,21,22). The number of para-hydroxylation sites is 1. The van der Waals surface area contributed by atoms with Crippen LogP contribution in [0.4, 0.5) is 0 Å². The van der Waals surface area contributed by atoms with Gasteiger partial charge in [-0.1, -0.05) is 30.3 Å². The number of aromatic amines is 1. The minimum absolute atomic E-state index is 0.0193. The number of aromatic nitrogens is 1. The molecule has 0 amide bonds. The van der Waals surface area contributed by atoms with E-state index in [1.807, 2.05) is 25.1 Å². The fourth-order valence-electron chi connectivity index (χ4n) is 2.64. The number of nitrogens with one attached hydrogen (secondary N) is 1. The number of primary sulfonamides is 1. The number of sulfonamides is 1. The Balaban J connectivity index is 2.29. The molecule has 3 rings (SSSR count). The van der Waals surface area contributed by atoms with E-state index in [4.69, 9.17) is 5.14 Å². The molecule has 0 aliphatic rings. The van der Waals surface area contributed by atoms with Gasteiger partial charge in [0.25, 0.3) is 0 Å². The summed E-state index contributed by atoms with van der Waals surface area (Å²) in [7, 11) is -3.79. The fourth-order valence-corrected chi connectivity index (χ4v) is 3.15. The zero-order valence-corrected chi connectivity index (χ0v) is 13.0. The Bertz CT molecular complexity index is 1020. The molecule has 0 spiro atoms. The highest BCUT2D eigenvalue weighted by molar-refractivity contribution is 7.89. The number of H-pyrrole nitrogens is 1. The van der Waals surface area contributed by atoms with E-state index >= 15 is 0 Å². The Hall–Kier alpha value is -2.64. The van der Waals surface area contributed by atoms with E-state index in [0.29, 0.717) is 11.1 Å². The maximum absolute atomic E-state index is 11.6. The van der Waals surface area contributed by atoms with E-state index in [0.717, 1.165) is 16.5 Å². The number of carbonyl (C=O) groups is 1. The Morgan fingerprint density at radius 1 is 1.13 bits per heavy atom. The highest BCUT2D eigenvalue weighted by atomic mass is 32.2. The van der Waals surface area contributed by atoms with Crippen LogP contribution in [0.3, 0.4) is 0 Å². The third-order valence-corrected chi connectivity index (χ3v) is 4.66. The first-order valence-corrected chi connectivity index (χ1v) is 8.31. The van der Waals surface area contributed by atoms with Gasteiger partial charge in [0, 0.05) is 16.5 Å². The first kappa shape index (κ1) is 15.3. The second-order valence-corrected chi connectivity index (χ2v) is 6.81. The summed E-state index contributed by atoms with van der Waals surface area (Å²) in [5.74, 6) is -1.08. The lowest BCUT2D eigenvalue weighted by atomic mass is 10.0. The number of aromatic carboxylic acids is 1. The molecule has 4 N–H and O–H groups in total. The predicted molar refractivity (Wildman–Crippen MR) is 86.8 cm³/mol. The third-order valence-electron chi connectivity index (χ3n) is 3.73. The molecule has 0 saturated carbocycles. The Morgan fingerprint density at radius 3 is 2.35 bits per heavy atom. The van der Waals surface area contributed by atoms with Gasteiger partial charge in [0.05, 0.1) is 4.90 Å².